The Kier molecular flexibility index (Phi) is 4.91. The lowest BCUT2D eigenvalue weighted by Crippen LogP contribution is -1.96. The maximum atomic E-state index is 10.7. The zero-order chi connectivity index (χ0) is 13.7. The molecule has 5 nitrogen and oxygen atoms in total. The lowest BCUT2D eigenvalue weighted by Gasteiger charge is -2.08. The Labute approximate surface area is 109 Å². The van der Waals surface area contributed by atoms with E-state index in [0.29, 0.717) is 11.3 Å². The second-order valence-electron chi connectivity index (χ2n) is 3.70. The molecule has 1 aromatic carbocycles. The number of hydrogen-bond acceptors (Lipinski definition) is 4. The summed E-state index contributed by atoms with van der Waals surface area (Å²) >= 11 is 1.53. The van der Waals surface area contributed by atoms with Crippen molar-refractivity contribution >= 4 is 29.0 Å². The average molecular weight is 267 g/mol. The van der Waals surface area contributed by atoms with E-state index in [2.05, 4.69) is 0 Å². The van der Waals surface area contributed by atoms with Crippen LogP contribution < -0.4 is 0 Å². The molecule has 1 aromatic rings. The molecule has 0 atom stereocenters. The summed E-state index contributed by atoms with van der Waals surface area (Å²) in [6.45, 7) is 1.68. The quantitative estimate of drug-likeness (QED) is 0.504. The molecule has 0 amide bonds. The molecular weight excluding hydrogens is 254 g/mol. The molecule has 0 aromatic heterocycles. The minimum Gasteiger partial charge on any atom is -0.478 e. The molecule has 0 aliphatic carbocycles. The number of carboxylic acid groups (broad SMARTS) is 1. The van der Waals surface area contributed by atoms with Gasteiger partial charge in [-0.05, 0) is 35.9 Å². The molecule has 0 radical (unpaired) electrons. The summed E-state index contributed by atoms with van der Waals surface area (Å²) in [5.74, 6) is -0.428. The van der Waals surface area contributed by atoms with E-state index in [1.54, 1.807) is 13.0 Å². The molecule has 18 heavy (non-hydrogen) atoms. The van der Waals surface area contributed by atoms with Crippen LogP contribution in [0.5, 0.6) is 0 Å². The van der Waals surface area contributed by atoms with Crippen LogP contribution in [-0.4, -0.2) is 22.3 Å². The number of carbonyl (C=O) groups is 1. The van der Waals surface area contributed by atoms with Gasteiger partial charge in [-0.1, -0.05) is 0 Å². The molecule has 96 valence electrons. The number of rotatable bonds is 5. The molecule has 0 heterocycles. The van der Waals surface area contributed by atoms with Crippen LogP contribution in [0.3, 0.4) is 0 Å². The van der Waals surface area contributed by atoms with Gasteiger partial charge in [0.1, 0.15) is 0 Å². The maximum Gasteiger partial charge on any atom is 0.328 e. The van der Waals surface area contributed by atoms with Crippen molar-refractivity contribution in [1.82, 2.24) is 0 Å². The van der Waals surface area contributed by atoms with Gasteiger partial charge in [0.2, 0.25) is 0 Å². The van der Waals surface area contributed by atoms with E-state index in [0.717, 1.165) is 17.2 Å². The van der Waals surface area contributed by atoms with Crippen LogP contribution in [0.4, 0.5) is 5.69 Å². The smallest absolute Gasteiger partial charge is 0.328 e. The number of nitro benzene ring substituents is 1. The summed E-state index contributed by atoms with van der Waals surface area (Å²) in [6, 6.07) is 4.47. The van der Waals surface area contributed by atoms with E-state index in [1.807, 2.05) is 6.26 Å². The average Bonchev–Trinajstić information content (AvgIpc) is 2.28. The lowest BCUT2D eigenvalue weighted by atomic mass is 10.0. The van der Waals surface area contributed by atoms with Crippen LogP contribution in [0.1, 0.15) is 18.1 Å². The molecule has 0 unspecified atom stereocenters. The van der Waals surface area contributed by atoms with E-state index in [4.69, 9.17) is 5.11 Å². The summed E-state index contributed by atoms with van der Waals surface area (Å²) in [5.41, 5.74) is 2.11. The van der Waals surface area contributed by atoms with Gasteiger partial charge in [0.05, 0.1) is 4.92 Å². The summed E-state index contributed by atoms with van der Waals surface area (Å²) in [5, 5.41) is 19.4. The first-order valence-corrected chi connectivity index (χ1v) is 6.53. The highest BCUT2D eigenvalue weighted by atomic mass is 32.2. The first-order valence-electron chi connectivity index (χ1n) is 5.13. The fraction of sp³-hybridized carbons (Fsp3) is 0.250. The van der Waals surface area contributed by atoms with Crippen LogP contribution in [0.15, 0.2) is 24.3 Å². The van der Waals surface area contributed by atoms with Crippen molar-refractivity contribution in [2.24, 2.45) is 0 Å². The molecule has 0 spiro atoms. The highest BCUT2D eigenvalue weighted by Crippen LogP contribution is 2.26. The van der Waals surface area contributed by atoms with Crippen molar-refractivity contribution in [3.05, 3.63) is 45.5 Å². The lowest BCUT2D eigenvalue weighted by molar-refractivity contribution is -0.384. The van der Waals surface area contributed by atoms with Crippen LogP contribution >= 0.6 is 11.8 Å². The third-order valence-corrected chi connectivity index (χ3v) is 2.96. The fourth-order valence-electron chi connectivity index (χ4n) is 1.62. The Morgan fingerprint density at radius 2 is 2.22 bits per heavy atom. The van der Waals surface area contributed by atoms with E-state index < -0.39 is 10.9 Å². The predicted octanol–water partition coefficient (Wildman–Crippen LogP) is 2.95. The normalized spacial score (nSPS) is 11.3. The number of nitro groups is 1. The number of thioether (sulfide) groups is 1. The second kappa shape index (κ2) is 6.20. The van der Waals surface area contributed by atoms with Crippen molar-refractivity contribution in [3.8, 4) is 0 Å². The third-order valence-electron chi connectivity index (χ3n) is 2.36. The van der Waals surface area contributed by atoms with Crippen molar-refractivity contribution in [2.75, 3.05) is 6.26 Å². The van der Waals surface area contributed by atoms with Crippen LogP contribution in [0.2, 0.25) is 0 Å². The molecule has 0 aliphatic heterocycles. The van der Waals surface area contributed by atoms with Gasteiger partial charge in [0.15, 0.2) is 0 Å². The van der Waals surface area contributed by atoms with Gasteiger partial charge in [0, 0.05) is 24.0 Å². The number of carboxylic acids is 1. The monoisotopic (exact) mass is 267 g/mol. The number of benzene rings is 1. The molecule has 0 bridgehead atoms. The molecule has 1 rings (SSSR count). The minimum absolute atomic E-state index is 0.0194. The molecule has 0 saturated carbocycles. The fourth-order valence-corrected chi connectivity index (χ4v) is 2.17. The van der Waals surface area contributed by atoms with E-state index in [-0.39, 0.29) is 5.69 Å². The summed E-state index contributed by atoms with van der Waals surface area (Å²) < 4.78 is 0. The zero-order valence-corrected chi connectivity index (χ0v) is 10.9. The third kappa shape index (κ3) is 3.59. The summed E-state index contributed by atoms with van der Waals surface area (Å²) in [6.07, 6.45) is 2.99. The van der Waals surface area contributed by atoms with Crippen molar-refractivity contribution in [2.45, 2.75) is 12.7 Å². The van der Waals surface area contributed by atoms with Gasteiger partial charge < -0.3 is 5.11 Å². The molecule has 0 aliphatic rings. The Morgan fingerprint density at radius 3 is 2.72 bits per heavy atom. The Hall–Kier alpha value is -1.82. The summed E-state index contributed by atoms with van der Waals surface area (Å²) in [4.78, 5) is 20.9. The Morgan fingerprint density at radius 1 is 1.56 bits per heavy atom. The maximum absolute atomic E-state index is 10.7. The topological polar surface area (TPSA) is 80.4 Å². The van der Waals surface area contributed by atoms with Gasteiger partial charge >= 0.3 is 5.97 Å². The standard InChI is InChI=1S/C12H13NO4S/c1-8(5-12(14)15)11-4-3-10(13(16)17)6-9(11)7-18-2/h3-6H,7H2,1-2H3,(H,14,15)/b8-5+. The molecule has 0 saturated heterocycles. The highest BCUT2D eigenvalue weighted by Gasteiger charge is 2.12. The predicted molar refractivity (Wildman–Crippen MR) is 71.6 cm³/mol. The zero-order valence-electron chi connectivity index (χ0n) is 10.0. The number of hydrogen-bond donors (Lipinski definition) is 1. The largest absolute Gasteiger partial charge is 0.478 e. The molecule has 6 heteroatoms. The van der Waals surface area contributed by atoms with Gasteiger partial charge in [-0.15, -0.1) is 0 Å². The number of aliphatic carboxylic acids is 1. The van der Waals surface area contributed by atoms with Crippen LogP contribution in [0, 0.1) is 10.1 Å². The SMILES string of the molecule is CSCc1cc([N+](=O)[O-])ccc1/C(C)=C/C(=O)O. The first-order chi connectivity index (χ1) is 8.45. The first kappa shape index (κ1) is 14.2. The van der Waals surface area contributed by atoms with E-state index >= 15 is 0 Å². The highest BCUT2D eigenvalue weighted by molar-refractivity contribution is 7.97. The minimum atomic E-state index is -1.03. The Balaban J connectivity index is 3.26. The number of non-ortho nitro benzene ring substituents is 1. The van der Waals surface area contributed by atoms with E-state index in [9.17, 15) is 14.9 Å². The van der Waals surface area contributed by atoms with Crippen molar-refractivity contribution < 1.29 is 14.8 Å². The number of allylic oxidation sites excluding steroid dienone is 1. The number of nitrogens with zero attached hydrogens (tertiary/aromatic N) is 1. The molecular formula is C12H13NO4S. The van der Waals surface area contributed by atoms with Gasteiger partial charge in [-0.3, -0.25) is 10.1 Å². The van der Waals surface area contributed by atoms with Crippen molar-refractivity contribution in [3.63, 3.8) is 0 Å². The van der Waals surface area contributed by atoms with Crippen LogP contribution in [0.25, 0.3) is 5.57 Å². The van der Waals surface area contributed by atoms with Crippen LogP contribution in [-0.2, 0) is 10.5 Å². The summed E-state index contributed by atoms with van der Waals surface area (Å²) in [7, 11) is 0. The van der Waals surface area contributed by atoms with E-state index in [1.165, 1.54) is 23.9 Å². The second-order valence-corrected chi connectivity index (χ2v) is 4.56. The van der Waals surface area contributed by atoms with Gasteiger partial charge in [-0.2, -0.15) is 11.8 Å². The van der Waals surface area contributed by atoms with Crippen molar-refractivity contribution in [1.29, 1.82) is 0 Å². The molecule has 1 N–H and O–H groups in total. The Bertz CT molecular complexity index is 511. The van der Waals surface area contributed by atoms with Gasteiger partial charge in [-0.25, -0.2) is 4.79 Å². The molecule has 0 fully saturated rings. The van der Waals surface area contributed by atoms with Gasteiger partial charge in [0.25, 0.3) is 5.69 Å².